The zero-order chi connectivity index (χ0) is 12.2. The number of benzene rings is 1. The van der Waals surface area contributed by atoms with Gasteiger partial charge in [-0.25, -0.2) is 0 Å². The topological polar surface area (TPSA) is 38.7 Å². The van der Waals surface area contributed by atoms with Gasteiger partial charge in [-0.3, -0.25) is 0 Å². The van der Waals surface area contributed by atoms with E-state index in [4.69, 9.17) is 21.1 Å². The normalized spacial score (nSPS) is 15.1. The Morgan fingerprint density at radius 2 is 1.75 bits per heavy atom. The lowest BCUT2D eigenvalue weighted by molar-refractivity contribution is -0.142. The molecule has 1 aromatic carbocycles. The van der Waals surface area contributed by atoms with Crippen molar-refractivity contribution in [2.45, 2.75) is 25.2 Å². The number of hydrogen-bond acceptors (Lipinski definition) is 3. The first kappa shape index (κ1) is 13.5. The van der Waals surface area contributed by atoms with Crippen LogP contribution in [0.5, 0.6) is 0 Å². The van der Waals surface area contributed by atoms with E-state index in [1.54, 1.807) is 45.4 Å². The van der Waals surface area contributed by atoms with Gasteiger partial charge in [0.2, 0.25) is 0 Å². The average Bonchev–Trinajstić information content (AvgIpc) is 2.26. The zero-order valence-corrected chi connectivity index (χ0v) is 10.5. The molecule has 90 valence electrons. The first-order chi connectivity index (χ1) is 7.49. The summed E-state index contributed by atoms with van der Waals surface area (Å²) in [5, 5.41) is 11.0. The summed E-state index contributed by atoms with van der Waals surface area (Å²) in [6.07, 6.45) is -0.0626. The van der Waals surface area contributed by atoms with Crippen LogP contribution in [0.4, 0.5) is 0 Å². The average molecular weight is 245 g/mol. The fourth-order valence-corrected chi connectivity index (χ4v) is 1.64. The summed E-state index contributed by atoms with van der Waals surface area (Å²) in [6.45, 7) is 1.72. The summed E-state index contributed by atoms with van der Waals surface area (Å²) in [4.78, 5) is 0. The van der Waals surface area contributed by atoms with Crippen LogP contribution in [0.25, 0.3) is 0 Å². The molecule has 0 saturated heterocycles. The fraction of sp³-hybridized carbons (Fsp3) is 0.500. The van der Waals surface area contributed by atoms with Gasteiger partial charge in [-0.2, -0.15) is 0 Å². The highest BCUT2D eigenvalue weighted by Gasteiger charge is 2.27. The molecule has 0 heterocycles. The molecule has 0 spiro atoms. The lowest BCUT2D eigenvalue weighted by Crippen LogP contribution is -2.29. The van der Waals surface area contributed by atoms with E-state index in [2.05, 4.69) is 0 Å². The van der Waals surface area contributed by atoms with E-state index < -0.39 is 11.9 Å². The van der Waals surface area contributed by atoms with Gasteiger partial charge >= 0.3 is 0 Å². The van der Waals surface area contributed by atoms with Crippen molar-refractivity contribution in [2.24, 2.45) is 0 Å². The molecular weight excluding hydrogens is 228 g/mol. The summed E-state index contributed by atoms with van der Waals surface area (Å²) in [7, 11) is 3.10. The minimum atomic E-state index is -0.999. The van der Waals surface area contributed by atoms with Gasteiger partial charge in [0, 0.05) is 25.7 Å². The highest BCUT2D eigenvalue weighted by atomic mass is 35.5. The molecule has 1 aromatic rings. The smallest absolute Gasteiger partial charge is 0.159 e. The van der Waals surface area contributed by atoms with Gasteiger partial charge < -0.3 is 14.6 Å². The van der Waals surface area contributed by atoms with Gasteiger partial charge in [0.05, 0.1) is 5.60 Å². The van der Waals surface area contributed by atoms with Crippen LogP contribution in [0.1, 0.15) is 18.9 Å². The van der Waals surface area contributed by atoms with E-state index in [0.29, 0.717) is 11.4 Å². The standard InChI is InChI=1S/C12H17ClO3/c1-12(14,8-11(15-2)16-3)9-4-6-10(13)7-5-9/h4-7,11,14H,8H2,1-3H3. The second-order valence-corrected chi connectivity index (χ2v) is 4.32. The summed E-state index contributed by atoms with van der Waals surface area (Å²) in [5.41, 5.74) is -0.211. The molecule has 4 heteroatoms. The third kappa shape index (κ3) is 3.46. The van der Waals surface area contributed by atoms with Crippen LogP contribution in [0.15, 0.2) is 24.3 Å². The van der Waals surface area contributed by atoms with Gasteiger partial charge in [0.25, 0.3) is 0 Å². The molecule has 0 aliphatic heterocycles. The van der Waals surface area contributed by atoms with Crippen molar-refractivity contribution in [2.75, 3.05) is 14.2 Å². The molecule has 3 nitrogen and oxygen atoms in total. The molecule has 0 radical (unpaired) electrons. The van der Waals surface area contributed by atoms with Gasteiger partial charge in [0.1, 0.15) is 0 Å². The highest BCUT2D eigenvalue weighted by molar-refractivity contribution is 6.30. The number of rotatable bonds is 5. The molecule has 0 saturated carbocycles. The molecule has 0 amide bonds. The van der Waals surface area contributed by atoms with E-state index in [0.717, 1.165) is 5.56 Å². The third-order valence-corrected chi connectivity index (χ3v) is 2.81. The van der Waals surface area contributed by atoms with Crippen molar-refractivity contribution in [1.82, 2.24) is 0 Å². The summed E-state index contributed by atoms with van der Waals surface area (Å²) in [6, 6.07) is 7.09. The Bertz CT molecular complexity index is 318. The first-order valence-electron chi connectivity index (χ1n) is 5.03. The van der Waals surface area contributed by atoms with Crippen molar-refractivity contribution in [3.05, 3.63) is 34.9 Å². The van der Waals surface area contributed by atoms with Gasteiger partial charge in [-0.1, -0.05) is 23.7 Å². The van der Waals surface area contributed by atoms with Gasteiger partial charge in [0.15, 0.2) is 6.29 Å². The second-order valence-electron chi connectivity index (χ2n) is 3.89. The van der Waals surface area contributed by atoms with Crippen LogP contribution >= 0.6 is 11.6 Å². The first-order valence-corrected chi connectivity index (χ1v) is 5.41. The van der Waals surface area contributed by atoms with E-state index >= 15 is 0 Å². The van der Waals surface area contributed by atoms with E-state index in [-0.39, 0.29) is 0 Å². The Balaban J connectivity index is 2.80. The maximum atomic E-state index is 10.3. The van der Waals surface area contributed by atoms with Crippen LogP contribution < -0.4 is 0 Å². The Morgan fingerprint density at radius 3 is 2.19 bits per heavy atom. The fourth-order valence-electron chi connectivity index (χ4n) is 1.51. The highest BCUT2D eigenvalue weighted by Crippen LogP contribution is 2.27. The predicted molar refractivity (Wildman–Crippen MR) is 63.4 cm³/mol. The Labute approximate surface area is 101 Å². The Hall–Kier alpha value is -0.610. The maximum Gasteiger partial charge on any atom is 0.159 e. The number of halogens is 1. The van der Waals surface area contributed by atoms with Crippen LogP contribution in [0.3, 0.4) is 0 Å². The van der Waals surface area contributed by atoms with Crippen LogP contribution in [-0.2, 0) is 15.1 Å². The minimum absolute atomic E-state index is 0.363. The molecule has 1 unspecified atom stereocenters. The summed E-state index contributed by atoms with van der Waals surface area (Å²) >= 11 is 5.79. The second kappa shape index (κ2) is 5.64. The van der Waals surface area contributed by atoms with Gasteiger partial charge in [-0.05, 0) is 24.6 Å². The molecule has 1 rings (SSSR count). The van der Waals surface area contributed by atoms with Crippen molar-refractivity contribution in [3.63, 3.8) is 0 Å². The molecule has 16 heavy (non-hydrogen) atoms. The van der Waals surface area contributed by atoms with E-state index in [1.807, 2.05) is 0 Å². The molecule has 1 N–H and O–H groups in total. The molecule has 0 fully saturated rings. The Morgan fingerprint density at radius 1 is 1.25 bits per heavy atom. The van der Waals surface area contributed by atoms with E-state index in [1.165, 1.54) is 0 Å². The Kier molecular flexibility index (Phi) is 4.74. The maximum absolute atomic E-state index is 10.3. The summed E-state index contributed by atoms with van der Waals surface area (Å²) < 4.78 is 10.1. The predicted octanol–water partition coefficient (Wildman–Crippen LogP) is 2.56. The molecule has 0 bridgehead atoms. The van der Waals surface area contributed by atoms with Gasteiger partial charge in [-0.15, -0.1) is 0 Å². The van der Waals surface area contributed by atoms with E-state index in [9.17, 15) is 5.11 Å². The minimum Gasteiger partial charge on any atom is -0.385 e. The zero-order valence-electron chi connectivity index (χ0n) is 9.74. The third-order valence-electron chi connectivity index (χ3n) is 2.56. The summed E-state index contributed by atoms with van der Waals surface area (Å²) in [5.74, 6) is 0. The molecule has 0 aromatic heterocycles. The monoisotopic (exact) mass is 244 g/mol. The SMILES string of the molecule is COC(CC(C)(O)c1ccc(Cl)cc1)OC. The quantitative estimate of drug-likeness (QED) is 0.809. The van der Waals surface area contributed by atoms with Crippen LogP contribution in [0, 0.1) is 0 Å². The van der Waals surface area contributed by atoms with Crippen molar-refractivity contribution in [3.8, 4) is 0 Å². The molecular formula is C12H17ClO3. The lowest BCUT2D eigenvalue weighted by Gasteiger charge is -2.27. The van der Waals surface area contributed by atoms with Crippen molar-refractivity contribution >= 4 is 11.6 Å². The number of aliphatic hydroxyl groups is 1. The van der Waals surface area contributed by atoms with Crippen molar-refractivity contribution in [1.29, 1.82) is 0 Å². The van der Waals surface area contributed by atoms with Crippen molar-refractivity contribution < 1.29 is 14.6 Å². The number of ether oxygens (including phenoxy) is 2. The number of hydrogen-bond donors (Lipinski definition) is 1. The number of methoxy groups -OCH3 is 2. The van der Waals surface area contributed by atoms with Crippen LogP contribution in [-0.4, -0.2) is 25.6 Å². The lowest BCUT2D eigenvalue weighted by atomic mass is 9.92. The largest absolute Gasteiger partial charge is 0.385 e. The molecule has 0 aliphatic rings. The molecule has 1 atom stereocenters. The van der Waals surface area contributed by atoms with Crippen LogP contribution in [0.2, 0.25) is 5.02 Å². The molecule has 0 aliphatic carbocycles.